The van der Waals surface area contributed by atoms with E-state index in [0.717, 1.165) is 0 Å². The molecule has 1 atom stereocenters. The summed E-state index contributed by atoms with van der Waals surface area (Å²) in [5.74, 6) is -0.399. The zero-order valence-corrected chi connectivity index (χ0v) is 11.1. The Morgan fingerprint density at radius 2 is 2.00 bits per heavy atom. The molecule has 0 rings (SSSR count). The Balaban J connectivity index is 3.36. The van der Waals surface area contributed by atoms with Crippen LogP contribution in [0, 0.1) is 0 Å². The maximum Gasteiger partial charge on any atom is 0.333 e. The van der Waals surface area contributed by atoms with Gasteiger partial charge >= 0.3 is 5.97 Å². The summed E-state index contributed by atoms with van der Waals surface area (Å²) in [6.45, 7) is 12.4. The first-order valence-corrected chi connectivity index (χ1v) is 5.82. The van der Waals surface area contributed by atoms with Gasteiger partial charge < -0.3 is 18.9 Å². The monoisotopic (exact) mass is 258 g/mol. The lowest BCUT2D eigenvalue weighted by atomic mass is 10.4. The maximum absolute atomic E-state index is 11.0. The van der Waals surface area contributed by atoms with E-state index >= 15 is 0 Å². The first-order chi connectivity index (χ1) is 8.57. The van der Waals surface area contributed by atoms with E-state index in [1.165, 1.54) is 6.26 Å². The molecule has 18 heavy (non-hydrogen) atoms. The van der Waals surface area contributed by atoms with E-state index in [-0.39, 0.29) is 12.7 Å². The van der Waals surface area contributed by atoms with E-state index in [1.54, 1.807) is 6.92 Å². The van der Waals surface area contributed by atoms with Crippen LogP contribution in [0.3, 0.4) is 0 Å². The third-order valence-electron chi connectivity index (χ3n) is 1.88. The largest absolute Gasteiger partial charge is 0.499 e. The third-order valence-corrected chi connectivity index (χ3v) is 1.88. The first kappa shape index (κ1) is 16.7. The summed E-state index contributed by atoms with van der Waals surface area (Å²) in [4.78, 5) is 11.0. The Kier molecular flexibility index (Phi) is 10.0. The first-order valence-electron chi connectivity index (χ1n) is 5.82. The fourth-order valence-electron chi connectivity index (χ4n) is 0.995. The minimum atomic E-state index is -0.399. The van der Waals surface area contributed by atoms with Gasteiger partial charge in [-0.05, 0) is 13.8 Å². The zero-order valence-electron chi connectivity index (χ0n) is 11.1. The quantitative estimate of drug-likeness (QED) is 0.244. The van der Waals surface area contributed by atoms with Gasteiger partial charge in [0, 0.05) is 5.57 Å². The number of esters is 1. The van der Waals surface area contributed by atoms with Crippen molar-refractivity contribution in [2.45, 2.75) is 20.0 Å². The van der Waals surface area contributed by atoms with Crippen LogP contribution in [0.25, 0.3) is 0 Å². The molecule has 0 saturated carbocycles. The van der Waals surface area contributed by atoms with Gasteiger partial charge in [-0.1, -0.05) is 13.2 Å². The summed E-state index contributed by atoms with van der Waals surface area (Å²) in [5, 5.41) is 0. The van der Waals surface area contributed by atoms with Crippen LogP contribution < -0.4 is 0 Å². The summed E-state index contributed by atoms with van der Waals surface area (Å²) in [5.41, 5.74) is 0.383. The fraction of sp³-hybridized carbons (Fsp3) is 0.615. The van der Waals surface area contributed by atoms with Crippen LogP contribution in [0.1, 0.15) is 13.8 Å². The van der Waals surface area contributed by atoms with Crippen molar-refractivity contribution in [3.8, 4) is 0 Å². The highest BCUT2D eigenvalue weighted by atomic mass is 16.6. The Hall–Kier alpha value is -1.33. The van der Waals surface area contributed by atoms with Crippen molar-refractivity contribution in [2.75, 3.05) is 33.0 Å². The van der Waals surface area contributed by atoms with Gasteiger partial charge in [0.25, 0.3) is 0 Å². The molecule has 0 spiro atoms. The molecule has 0 N–H and O–H groups in total. The van der Waals surface area contributed by atoms with Crippen LogP contribution in [0.15, 0.2) is 25.0 Å². The van der Waals surface area contributed by atoms with Gasteiger partial charge in [0.2, 0.25) is 0 Å². The number of carbonyl (C=O) groups excluding carboxylic acids is 1. The average molecular weight is 258 g/mol. The van der Waals surface area contributed by atoms with Gasteiger partial charge in [-0.25, -0.2) is 4.79 Å². The lowest BCUT2D eigenvalue weighted by Gasteiger charge is -2.13. The van der Waals surface area contributed by atoms with Gasteiger partial charge in [0.1, 0.15) is 13.2 Å². The van der Waals surface area contributed by atoms with Crippen LogP contribution in [0.5, 0.6) is 0 Å². The normalized spacial score (nSPS) is 11.7. The highest BCUT2D eigenvalue weighted by Crippen LogP contribution is 1.95. The van der Waals surface area contributed by atoms with Crippen molar-refractivity contribution in [2.24, 2.45) is 0 Å². The Morgan fingerprint density at radius 1 is 1.28 bits per heavy atom. The molecule has 5 heteroatoms. The molecule has 0 fully saturated rings. The maximum atomic E-state index is 11.0. The Morgan fingerprint density at radius 3 is 2.61 bits per heavy atom. The van der Waals surface area contributed by atoms with Gasteiger partial charge in [-0.3, -0.25) is 0 Å². The van der Waals surface area contributed by atoms with E-state index in [1.807, 2.05) is 6.92 Å². The van der Waals surface area contributed by atoms with E-state index in [0.29, 0.717) is 32.0 Å². The highest BCUT2D eigenvalue weighted by molar-refractivity contribution is 5.86. The molecule has 1 unspecified atom stereocenters. The van der Waals surface area contributed by atoms with Gasteiger partial charge in [-0.2, -0.15) is 0 Å². The number of rotatable bonds is 11. The number of hydrogen-bond donors (Lipinski definition) is 0. The molecular formula is C13H22O5. The molecule has 0 aliphatic carbocycles. The number of carbonyl (C=O) groups is 1. The summed E-state index contributed by atoms with van der Waals surface area (Å²) < 4.78 is 20.5. The second-order valence-corrected chi connectivity index (χ2v) is 3.71. The molecule has 0 aliphatic heterocycles. The predicted molar refractivity (Wildman–Crippen MR) is 68.2 cm³/mol. The van der Waals surface area contributed by atoms with Gasteiger partial charge in [0.05, 0.1) is 32.2 Å². The van der Waals surface area contributed by atoms with Crippen LogP contribution in [-0.4, -0.2) is 45.1 Å². The smallest absolute Gasteiger partial charge is 0.333 e. The van der Waals surface area contributed by atoms with Crippen LogP contribution in [0.2, 0.25) is 0 Å². The van der Waals surface area contributed by atoms with Crippen LogP contribution in [-0.2, 0) is 23.7 Å². The second kappa shape index (κ2) is 10.8. The van der Waals surface area contributed by atoms with Gasteiger partial charge in [0.15, 0.2) is 0 Å². The Bertz CT molecular complexity index is 262. The van der Waals surface area contributed by atoms with Crippen LogP contribution >= 0.6 is 0 Å². The minimum Gasteiger partial charge on any atom is -0.499 e. The number of ether oxygens (including phenoxy) is 4. The molecule has 0 aromatic carbocycles. The summed E-state index contributed by atoms with van der Waals surface area (Å²) in [6, 6.07) is 0. The molecular weight excluding hydrogens is 236 g/mol. The molecule has 0 radical (unpaired) electrons. The molecule has 0 amide bonds. The fourth-order valence-corrected chi connectivity index (χ4v) is 0.995. The number of hydrogen-bond acceptors (Lipinski definition) is 5. The van der Waals surface area contributed by atoms with Crippen molar-refractivity contribution < 1.29 is 23.7 Å². The topological polar surface area (TPSA) is 54.0 Å². The van der Waals surface area contributed by atoms with E-state index in [4.69, 9.17) is 18.9 Å². The average Bonchev–Trinajstić information content (AvgIpc) is 2.34. The third kappa shape index (κ3) is 9.86. The standard InChI is InChI=1S/C13H22O5/c1-5-15-6-7-16-10-12(4)17-8-9-18-13(14)11(2)3/h5,12H,1-2,6-10H2,3-4H3. The van der Waals surface area contributed by atoms with Crippen molar-refractivity contribution in [3.05, 3.63) is 25.0 Å². The summed E-state index contributed by atoms with van der Waals surface area (Å²) in [7, 11) is 0. The van der Waals surface area contributed by atoms with E-state index < -0.39 is 5.97 Å². The lowest BCUT2D eigenvalue weighted by molar-refractivity contribution is -0.141. The molecule has 0 heterocycles. The zero-order chi connectivity index (χ0) is 13.8. The second-order valence-electron chi connectivity index (χ2n) is 3.71. The highest BCUT2D eigenvalue weighted by Gasteiger charge is 2.05. The predicted octanol–water partition coefficient (Wildman–Crippen LogP) is 1.69. The van der Waals surface area contributed by atoms with Crippen LogP contribution in [0.4, 0.5) is 0 Å². The van der Waals surface area contributed by atoms with E-state index in [2.05, 4.69) is 13.2 Å². The molecule has 5 nitrogen and oxygen atoms in total. The van der Waals surface area contributed by atoms with Crippen molar-refractivity contribution >= 4 is 5.97 Å². The van der Waals surface area contributed by atoms with Gasteiger partial charge in [-0.15, -0.1) is 0 Å². The molecule has 0 bridgehead atoms. The lowest BCUT2D eigenvalue weighted by Crippen LogP contribution is -2.20. The van der Waals surface area contributed by atoms with Crippen molar-refractivity contribution in [1.82, 2.24) is 0 Å². The minimum absolute atomic E-state index is 0.0581. The molecule has 0 aliphatic rings. The Labute approximate surface area is 108 Å². The molecule has 0 aromatic rings. The molecule has 0 aromatic heterocycles. The SMILES string of the molecule is C=COCCOCC(C)OCCOC(=O)C(=C)C. The molecule has 0 saturated heterocycles. The van der Waals surface area contributed by atoms with E-state index in [9.17, 15) is 4.79 Å². The molecule has 104 valence electrons. The summed E-state index contributed by atoms with van der Waals surface area (Å²) >= 11 is 0. The van der Waals surface area contributed by atoms with Crippen molar-refractivity contribution in [3.63, 3.8) is 0 Å². The van der Waals surface area contributed by atoms with Crippen molar-refractivity contribution in [1.29, 1.82) is 0 Å². The summed E-state index contributed by atoms with van der Waals surface area (Å²) in [6.07, 6.45) is 1.32.